The molecule has 9 nitrogen and oxygen atoms in total. The van der Waals surface area contributed by atoms with E-state index in [0.29, 0.717) is 56.4 Å². The molecule has 1 amide bonds. The summed E-state index contributed by atoms with van der Waals surface area (Å²) in [5.74, 6) is 0.458. The molecule has 5 rings (SSSR count). The number of carbonyl (C=O) groups excluding carboxylic acids is 1. The number of aryl methyl sites for hydroxylation is 2. The van der Waals surface area contributed by atoms with Crippen molar-refractivity contribution in [2.45, 2.75) is 32.5 Å². The van der Waals surface area contributed by atoms with Gasteiger partial charge in [-0.1, -0.05) is 23.8 Å². The molecule has 0 aliphatic carbocycles. The number of carbonyl (C=O) groups is 1. The average Bonchev–Trinajstić information content (AvgIpc) is 3.46. The number of hydrogen-bond donors (Lipinski definition) is 1. The number of amides is 1. The van der Waals surface area contributed by atoms with E-state index >= 15 is 0 Å². The lowest BCUT2D eigenvalue weighted by molar-refractivity contribution is -0.102. The average molecular weight is 516 g/mol. The van der Waals surface area contributed by atoms with E-state index < -0.39 is 10.2 Å². The van der Waals surface area contributed by atoms with Gasteiger partial charge in [-0.15, -0.1) is 0 Å². The number of methoxy groups -OCH3 is 1. The molecule has 3 aliphatic rings. The molecule has 0 saturated carbocycles. The van der Waals surface area contributed by atoms with Crippen molar-refractivity contribution in [3.8, 4) is 5.75 Å². The fourth-order valence-electron chi connectivity index (χ4n) is 5.13. The van der Waals surface area contributed by atoms with Crippen LogP contribution in [0.2, 0.25) is 0 Å². The molecule has 3 heterocycles. The van der Waals surface area contributed by atoms with E-state index in [0.717, 1.165) is 17.5 Å². The second kappa shape index (κ2) is 9.66. The number of likely N-dealkylation sites (tertiary alicyclic amines) is 1. The van der Waals surface area contributed by atoms with Crippen LogP contribution >= 0.6 is 0 Å². The van der Waals surface area contributed by atoms with Crippen molar-refractivity contribution in [3.05, 3.63) is 59.2 Å². The predicted octanol–water partition coefficient (Wildman–Crippen LogP) is 2.60. The molecule has 0 bridgehead atoms. The molecule has 0 unspecified atom stereocenters. The van der Waals surface area contributed by atoms with Crippen molar-refractivity contribution in [1.29, 1.82) is 0 Å². The van der Waals surface area contributed by atoms with Gasteiger partial charge in [-0.25, -0.2) is 0 Å². The van der Waals surface area contributed by atoms with E-state index in [-0.39, 0.29) is 23.5 Å². The van der Waals surface area contributed by atoms with Gasteiger partial charge in [-0.3, -0.25) is 9.52 Å². The Labute approximate surface area is 212 Å². The molecule has 2 aromatic rings. The van der Waals surface area contributed by atoms with Crippen LogP contribution in [0.1, 0.15) is 27.9 Å². The third-order valence-corrected chi connectivity index (χ3v) is 8.84. The molecule has 2 aromatic carbocycles. The fourth-order valence-corrected chi connectivity index (χ4v) is 6.46. The number of nitrogens with one attached hydrogen (secondary N) is 1. The number of ether oxygens (including phenoxy) is 3. The van der Waals surface area contributed by atoms with Crippen LogP contribution in [0.15, 0.2) is 42.5 Å². The van der Waals surface area contributed by atoms with Gasteiger partial charge in [-0.2, -0.15) is 12.7 Å². The van der Waals surface area contributed by atoms with Crippen LogP contribution in [0.3, 0.4) is 0 Å². The Morgan fingerprint density at radius 2 is 1.89 bits per heavy atom. The zero-order valence-corrected chi connectivity index (χ0v) is 21.7. The molecular formula is C26H33N3O6S. The first-order valence-corrected chi connectivity index (χ1v) is 13.6. The SMILES string of the molecule is CO[C@@H]1CN(C(=O)c2cc(C)ccc2C)C[C@H]1Oc1cccc(NS(=O)(=O)N2CCC3(COC3)C2)c1. The number of hydrogen-bond acceptors (Lipinski definition) is 6. The summed E-state index contributed by atoms with van der Waals surface area (Å²) in [5.41, 5.74) is 3.03. The predicted molar refractivity (Wildman–Crippen MR) is 135 cm³/mol. The van der Waals surface area contributed by atoms with Gasteiger partial charge in [0, 0.05) is 37.2 Å². The highest BCUT2D eigenvalue weighted by molar-refractivity contribution is 7.90. The second-order valence-corrected chi connectivity index (χ2v) is 11.8. The van der Waals surface area contributed by atoms with Crippen LogP contribution in [0.25, 0.3) is 0 Å². The monoisotopic (exact) mass is 515 g/mol. The molecular weight excluding hydrogens is 482 g/mol. The summed E-state index contributed by atoms with van der Waals surface area (Å²) in [5, 5.41) is 0. The first kappa shape index (κ1) is 25.0. The van der Waals surface area contributed by atoms with Crippen molar-refractivity contribution < 1.29 is 27.4 Å². The molecule has 3 saturated heterocycles. The summed E-state index contributed by atoms with van der Waals surface area (Å²) in [6.45, 7) is 6.88. The van der Waals surface area contributed by atoms with Crippen LogP contribution < -0.4 is 9.46 Å². The number of rotatable bonds is 7. The first-order valence-electron chi connectivity index (χ1n) is 12.2. The maximum absolute atomic E-state index is 13.2. The van der Waals surface area contributed by atoms with E-state index in [4.69, 9.17) is 14.2 Å². The summed E-state index contributed by atoms with van der Waals surface area (Å²) >= 11 is 0. The number of benzene rings is 2. The van der Waals surface area contributed by atoms with Gasteiger partial charge >= 0.3 is 10.2 Å². The van der Waals surface area contributed by atoms with Crippen LogP contribution in [0.5, 0.6) is 5.75 Å². The number of nitrogens with zero attached hydrogens (tertiary/aromatic N) is 2. The Hall–Kier alpha value is -2.66. The van der Waals surface area contributed by atoms with Crippen LogP contribution in [0.4, 0.5) is 5.69 Å². The molecule has 10 heteroatoms. The summed E-state index contributed by atoms with van der Waals surface area (Å²) in [6.07, 6.45) is 0.131. The van der Waals surface area contributed by atoms with Crippen molar-refractivity contribution in [2.24, 2.45) is 5.41 Å². The van der Waals surface area contributed by atoms with Crippen molar-refractivity contribution in [2.75, 3.05) is 51.2 Å². The Kier molecular flexibility index (Phi) is 6.71. The lowest BCUT2D eigenvalue weighted by atomic mass is 9.86. The Bertz CT molecular complexity index is 1250. The Balaban J connectivity index is 1.25. The van der Waals surface area contributed by atoms with Crippen LogP contribution in [0, 0.1) is 19.3 Å². The third kappa shape index (κ3) is 4.95. The molecule has 3 fully saturated rings. The molecule has 194 valence electrons. The van der Waals surface area contributed by atoms with Gasteiger partial charge in [0.05, 0.1) is 32.0 Å². The molecule has 1 spiro atoms. The van der Waals surface area contributed by atoms with Gasteiger partial charge in [0.15, 0.2) is 0 Å². The highest BCUT2D eigenvalue weighted by atomic mass is 32.2. The Morgan fingerprint density at radius 1 is 1.11 bits per heavy atom. The van der Waals surface area contributed by atoms with Gasteiger partial charge in [0.1, 0.15) is 18.0 Å². The van der Waals surface area contributed by atoms with Crippen LogP contribution in [-0.4, -0.2) is 82.2 Å². The highest BCUT2D eigenvalue weighted by Gasteiger charge is 2.47. The van der Waals surface area contributed by atoms with E-state index in [1.807, 2.05) is 32.0 Å². The largest absolute Gasteiger partial charge is 0.486 e. The highest BCUT2D eigenvalue weighted by Crippen LogP contribution is 2.38. The maximum Gasteiger partial charge on any atom is 0.301 e. The minimum atomic E-state index is -3.68. The molecule has 0 aromatic heterocycles. The summed E-state index contributed by atoms with van der Waals surface area (Å²) in [6, 6.07) is 12.7. The van der Waals surface area contributed by atoms with E-state index in [1.165, 1.54) is 4.31 Å². The quantitative estimate of drug-likeness (QED) is 0.609. The van der Waals surface area contributed by atoms with Crippen molar-refractivity contribution >= 4 is 21.8 Å². The van der Waals surface area contributed by atoms with Crippen LogP contribution in [-0.2, 0) is 19.7 Å². The third-order valence-electron chi connectivity index (χ3n) is 7.36. The second-order valence-electron chi connectivity index (χ2n) is 10.2. The van der Waals surface area contributed by atoms with Gasteiger partial charge in [-0.05, 0) is 44.0 Å². The lowest BCUT2D eigenvalue weighted by Crippen LogP contribution is -2.46. The minimum absolute atomic E-state index is 0.0301. The zero-order chi connectivity index (χ0) is 25.5. The molecule has 3 aliphatic heterocycles. The van der Waals surface area contributed by atoms with Gasteiger partial charge in [0.25, 0.3) is 5.91 Å². The molecule has 1 N–H and O–H groups in total. The normalized spacial score (nSPS) is 23.6. The molecule has 36 heavy (non-hydrogen) atoms. The van der Waals surface area contributed by atoms with Gasteiger partial charge < -0.3 is 19.1 Å². The smallest absolute Gasteiger partial charge is 0.301 e. The van der Waals surface area contributed by atoms with E-state index in [1.54, 1.807) is 36.3 Å². The summed E-state index contributed by atoms with van der Waals surface area (Å²) < 4.78 is 47.2. The lowest BCUT2D eigenvalue weighted by Gasteiger charge is -2.37. The first-order chi connectivity index (χ1) is 17.2. The Morgan fingerprint density at radius 3 is 2.58 bits per heavy atom. The summed E-state index contributed by atoms with van der Waals surface area (Å²) in [4.78, 5) is 15.0. The van der Waals surface area contributed by atoms with Gasteiger partial charge in [0.2, 0.25) is 0 Å². The fraction of sp³-hybridized carbons (Fsp3) is 0.500. The topological polar surface area (TPSA) is 97.4 Å². The standard InChI is InChI=1S/C26H33N3O6S/c1-18-7-8-19(2)22(11-18)25(30)28-13-23(33-3)24(14-28)35-21-6-4-5-20(12-21)27-36(31,32)29-10-9-26(15-29)16-34-17-26/h4-8,11-12,23-24,27H,9-10,13-17H2,1-3H3/t23-,24-/m1/s1. The minimum Gasteiger partial charge on any atom is -0.486 e. The van der Waals surface area contributed by atoms with E-state index in [9.17, 15) is 13.2 Å². The molecule has 0 radical (unpaired) electrons. The molecule has 2 atom stereocenters. The zero-order valence-electron chi connectivity index (χ0n) is 20.9. The number of anilines is 1. The van der Waals surface area contributed by atoms with Crippen molar-refractivity contribution in [3.63, 3.8) is 0 Å². The maximum atomic E-state index is 13.2. The van der Waals surface area contributed by atoms with Crippen molar-refractivity contribution in [1.82, 2.24) is 9.21 Å². The summed E-state index contributed by atoms with van der Waals surface area (Å²) in [7, 11) is -2.08. The van der Waals surface area contributed by atoms with E-state index in [2.05, 4.69) is 4.72 Å².